The van der Waals surface area contributed by atoms with Crippen molar-refractivity contribution in [1.29, 1.82) is 0 Å². The number of fused-ring (bicyclic) bond motifs is 1. The molecular formula is C28H30N2O6. The number of hydrogen-bond donors (Lipinski definition) is 1. The van der Waals surface area contributed by atoms with E-state index in [2.05, 4.69) is 5.32 Å². The fourth-order valence-corrected chi connectivity index (χ4v) is 3.82. The zero-order valence-electron chi connectivity index (χ0n) is 20.7. The summed E-state index contributed by atoms with van der Waals surface area (Å²) >= 11 is 0. The zero-order valence-corrected chi connectivity index (χ0v) is 20.7. The number of nitrogens with zero attached hydrogens (tertiary/aromatic N) is 1. The first kappa shape index (κ1) is 24.9. The summed E-state index contributed by atoms with van der Waals surface area (Å²) in [7, 11) is 0. The minimum Gasteiger partial charge on any atom is -0.494 e. The summed E-state index contributed by atoms with van der Waals surface area (Å²) < 4.78 is 22.6. The van der Waals surface area contributed by atoms with Gasteiger partial charge in [0.1, 0.15) is 29.6 Å². The van der Waals surface area contributed by atoms with Crippen LogP contribution in [0.1, 0.15) is 19.4 Å². The maximum atomic E-state index is 12.8. The van der Waals surface area contributed by atoms with E-state index in [1.165, 1.54) is 0 Å². The van der Waals surface area contributed by atoms with Gasteiger partial charge in [-0.3, -0.25) is 9.59 Å². The van der Waals surface area contributed by atoms with Gasteiger partial charge in [-0.05, 0) is 74.9 Å². The highest BCUT2D eigenvalue weighted by Crippen LogP contribution is 2.36. The molecule has 1 heterocycles. The number of aryl methyl sites for hydroxylation is 1. The Morgan fingerprint density at radius 1 is 0.972 bits per heavy atom. The van der Waals surface area contributed by atoms with Crippen molar-refractivity contribution in [3.63, 3.8) is 0 Å². The van der Waals surface area contributed by atoms with E-state index in [-0.39, 0.29) is 18.4 Å². The molecule has 0 spiro atoms. The molecule has 36 heavy (non-hydrogen) atoms. The van der Waals surface area contributed by atoms with Gasteiger partial charge in [0.05, 0.1) is 18.8 Å². The summed E-state index contributed by atoms with van der Waals surface area (Å²) in [4.78, 5) is 26.8. The van der Waals surface area contributed by atoms with Crippen molar-refractivity contribution in [2.75, 3.05) is 36.6 Å². The Labute approximate surface area is 210 Å². The molecule has 1 unspecified atom stereocenters. The third kappa shape index (κ3) is 6.27. The van der Waals surface area contributed by atoms with Crippen LogP contribution < -0.4 is 29.2 Å². The highest BCUT2D eigenvalue weighted by atomic mass is 16.5. The average molecular weight is 491 g/mol. The summed E-state index contributed by atoms with van der Waals surface area (Å²) in [6.45, 7) is 6.76. The molecule has 1 aliphatic rings. The second kappa shape index (κ2) is 11.5. The number of ether oxygens (including phenoxy) is 4. The molecule has 2 amide bonds. The Hall–Kier alpha value is -4.20. The highest BCUT2D eigenvalue weighted by Gasteiger charge is 2.31. The Kier molecular flexibility index (Phi) is 7.95. The van der Waals surface area contributed by atoms with Crippen LogP contribution in [0.3, 0.4) is 0 Å². The van der Waals surface area contributed by atoms with Gasteiger partial charge in [0.25, 0.3) is 11.8 Å². The first-order valence-electron chi connectivity index (χ1n) is 11.9. The minimum absolute atomic E-state index is 0.143. The van der Waals surface area contributed by atoms with Gasteiger partial charge in [-0.2, -0.15) is 0 Å². The Morgan fingerprint density at radius 3 is 2.44 bits per heavy atom. The van der Waals surface area contributed by atoms with E-state index in [0.29, 0.717) is 42.6 Å². The third-order valence-corrected chi connectivity index (χ3v) is 5.53. The smallest absolute Gasteiger partial charge is 0.267 e. The molecule has 8 heteroatoms. The van der Waals surface area contributed by atoms with Gasteiger partial charge < -0.3 is 29.2 Å². The summed E-state index contributed by atoms with van der Waals surface area (Å²) in [5.74, 6) is 2.13. The minimum atomic E-state index is -0.648. The van der Waals surface area contributed by atoms with Crippen molar-refractivity contribution in [2.24, 2.45) is 0 Å². The quantitative estimate of drug-likeness (QED) is 0.447. The molecule has 1 aliphatic heterocycles. The lowest BCUT2D eigenvalue weighted by Crippen LogP contribution is -2.46. The Bertz CT molecular complexity index is 1210. The van der Waals surface area contributed by atoms with Crippen LogP contribution in [0.5, 0.6) is 23.0 Å². The standard InChI is InChI=1S/C28H30N2O6/c1-4-33-22-9-11-23(12-10-22)35-18-27(31)29-21-8-13-25-26(17-21)36-20(3)28(32)30(25)14-15-34-24-7-5-6-19(2)16-24/h5-13,16-17,20H,4,14-15,18H2,1-3H3,(H,29,31). The van der Waals surface area contributed by atoms with Crippen LogP contribution in [0.4, 0.5) is 11.4 Å². The van der Waals surface area contributed by atoms with E-state index in [9.17, 15) is 9.59 Å². The summed E-state index contributed by atoms with van der Waals surface area (Å²) in [6.07, 6.45) is -0.648. The van der Waals surface area contributed by atoms with E-state index in [0.717, 1.165) is 17.1 Å². The number of benzene rings is 3. The van der Waals surface area contributed by atoms with E-state index >= 15 is 0 Å². The average Bonchev–Trinajstić information content (AvgIpc) is 2.86. The number of rotatable bonds is 10. The van der Waals surface area contributed by atoms with Crippen molar-refractivity contribution < 1.29 is 28.5 Å². The Morgan fingerprint density at radius 2 is 1.72 bits per heavy atom. The molecule has 0 radical (unpaired) electrons. The van der Waals surface area contributed by atoms with E-state index < -0.39 is 6.10 Å². The lowest BCUT2D eigenvalue weighted by atomic mass is 10.1. The topological polar surface area (TPSA) is 86.3 Å². The number of nitrogens with one attached hydrogen (secondary N) is 1. The lowest BCUT2D eigenvalue weighted by Gasteiger charge is -2.33. The molecule has 1 atom stereocenters. The molecular weight excluding hydrogens is 460 g/mol. The lowest BCUT2D eigenvalue weighted by molar-refractivity contribution is -0.125. The van der Waals surface area contributed by atoms with Crippen molar-refractivity contribution >= 4 is 23.2 Å². The van der Waals surface area contributed by atoms with Crippen molar-refractivity contribution in [3.05, 3.63) is 72.3 Å². The van der Waals surface area contributed by atoms with Gasteiger partial charge >= 0.3 is 0 Å². The van der Waals surface area contributed by atoms with Crippen molar-refractivity contribution in [1.82, 2.24) is 0 Å². The van der Waals surface area contributed by atoms with Gasteiger partial charge in [0.2, 0.25) is 0 Å². The van der Waals surface area contributed by atoms with Gasteiger partial charge in [-0.25, -0.2) is 0 Å². The molecule has 0 saturated carbocycles. The van der Waals surface area contributed by atoms with Crippen LogP contribution in [0.2, 0.25) is 0 Å². The van der Waals surface area contributed by atoms with E-state index in [1.54, 1.807) is 54.3 Å². The molecule has 3 aromatic rings. The van der Waals surface area contributed by atoms with Gasteiger partial charge in [0, 0.05) is 11.8 Å². The fraction of sp³-hybridized carbons (Fsp3) is 0.286. The maximum Gasteiger partial charge on any atom is 0.267 e. The van der Waals surface area contributed by atoms with Crippen LogP contribution >= 0.6 is 0 Å². The predicted molar refractivity (Wildman–Crippen MR) is 137 cm³/mol. The molecule has 1 N–H and O–H groups in total. The molecule has 0 bridgehead atoms. The second-order valence-corrected chi connectivity index (χ2v) is 8.34. The third-order valence-electron chi connectivity index (χ3n) is 5.53. The number of carbonyl (C=O) groups is 2. The highest BCUT2D eigenvalue weighted by molar-refractivity contribution is 6.00. The molecule has 0 aromatic heterocycles. The fourth-order valence-electron chi connectivity index (χ4n) is 3.82. The monoisotopic (exact) mass is 490 g/mol. The molecule has 0 fully saturated rings. The van der Waals surface area contributed by atoms with Gasteiger partial charge in [-0.1, -0.05) is 12.1 Å². The molecule has 188 valence electrons. The van der Waals surface area contributed by atoms with E-state index in [1.807, 2.05) is 38.1 Å². The van der Waals surface area contributed by atoms with Crippen LogP contribution in [-0.2, 0) is 9.59 Å². The molecule has 0 aliphatic carbocycles. The van der Waals surface area contributed by atoms with Crippen LogP contribution in [0.25, 0.3) is 0 Å². The van der Waals surface area contributed by atoms with E-state index in [4.69, 9.17) is 18.9 Å². The molecule has 3 aromatic carbocycles. The summed E-state index contributed by atoms with van der Waals surface area (Å²) in [6, 6.07) is 20.0. The normalized spacial score (nSPS) is 14.5. The second-order valence-electron chi connectivity index (χ2n) is 8.34. The van der Waals surface area contributed by atoms with Crippen molar-refractivity contribution in [2.45, 2.75) is 26.9 Å². The molecule has 8 nitrogen and oxygen atoms in total. The first-order chi connectivity index (χ1) is 17.4. The Balaban J connectivity index is 1.35. The zero-order chi connectivity index (χ0) is 25.5. The number of amides is 2. The van der Waals surface area contributed by atoms with Crippen LogP contribution in [-0.4, -0.2) is 44.3 Å². The number of carbonyl (C=O) groups excluding carboxylic acids is 2. The number of anilines is 2. The predicted octanol–water partition coefficient (Wildman–Crippen LogP) is 4.60. The van der Waals surface area contributed by atoms with Crippen LogP contribution in [0.15, 0.2) is 66.7 Å². The largest absolute Gasteiger partial charge is 0.494 e. The summed E-state index contributed by atoms with van der Waals surface area (Å²) in [5.41, 5.74) is 2.29. The molecule has 0 saturated heterocycles. The van der Waals surface area contributed by atoms with Crippen molar-refractivity contribution in [3.8, 4) is 23.0 Å². The van der Waals surface area contributed by atoms with Gasteiger partial charge in [-0.15, -0.1) is 0 Å². The van der Waals surface area contributed by atoms with Gasteiger partial charge in [0.15, 0.2) is 12.7 Å². The SMILES string of the molecule is CCOc1ccc(OCC(=O)Nc2ccc3c(c2)OC(C)C(=O)N3CCOc2cccc(C)c2)cc1. The maximum absolute atomic E-state index is 12.8. The number of hydrogen-bond acceptors (Lipinski definition) is 6. The summed E-state index contributed by atoms with van der Waals surface area (Å²) in [5, 5.41) is 2.81. The molecule has 4 rings (SSSR count). The first-order valence-corrected chi connectivity index (χ1v) is 11.9. The van der Waals surface area contributed by atoms with Crippen LogP contribution in [0, 0.1) is 6.92 Å².